The zero-order valence-corrected chi connectivity index (χ0v) is 12.2. The van der Waals surface area contributed by atoms with E-state index in [1.165, 1.54) is 0 Å². The number of benzene rings is 2. The van der Waals surface area contributed by atoms with Crippen molar-refractivity contribution in [2.24, 2.45) is 11.7 Å². The van der Waals surface area contributed by atoms with Crippen molar-refractivity contribution in [1.29, 1.82) is 5.26 Å². The summed E-state index contributed by atoms with van der Waals surface area (Å²) in [5.41, 5.74) is 5.77. The molecule has 0 unspecified atom stereocenters. The Morgan fingerprint density at radius 3 is 2.55 bits per heavy atom. The SMILES string of the molecule is C[C@@H](CC#N)[C@@H](NC(=O)c1ccc2ccccc2c1)C(N)=O. The highest BCUT2D eigenvalue weighted by atomic mass is 16.2. The average molecular weight is 295 g/mol. The maximum atomic E-state index is 12.3. The van der Waals surface area contributed by atoms with Crippen LogP contribution in [-0.4, -0.2) is 17.9 Å². The van der Waals surface area contributed by atoms with E-state index in [1.54, 1.807) is 19.1 Å². The van der Waals surface area contributed by atoms with E-state index in [9.17, 15) is 9.59 Å². The molecule has 2 aromatic carbocycles. The number of carbonyl (C=O) groups excluding carboxylic acids is 2. The Labute approximate surface area is 128 Å². The first kappa shape index (κ1) is 15.5. The number of primary amides is 1. The first-order chi connectivity index (χ1) is 10.5. The van der Waals surface area contributed by atoms with E-state index in [-0.39, 0.29) is 18.2 Å². The second kappa shape index (κ2) is 6.72. The van der Waals surface area contributed by atoms with Crippen LogP contribution in [0.2, 0.25) is 0 Å². The molecule has 3 N–H and O–H groups in total. The van der Waals surface area contributed by atoms with Crippen molar-refractivity contribution >= 4 is 22.6 Å². The molecule has 0 aromatic heterocycles. The Morgan fingerprint density at radius 1 is 1.23 bits per heavy atom. The van der Waals surface area contributed by atoms with E-state index in [4.69, 9.17) is 11.0 Å². The van der Waals surface area contributed by atoms with Crippen LogP contribution in [0.3, 0.4) is 0 Å². The highest BCUT2D eigenvalue weighted by molar-refractivity contribution is 6.00. The van der Waals surface area contributed by atoms with Crippen LogP contribution in [0.5, 0.6) is 0 Å². The number of carbonyl (C=O) groups is 2. The van der Waals surface area contributed by atoms with E-state index in [0.29, 0.717) is 5.56 Å². The zero-order valence-electron chi connectivity index (χ0n) is 12.2. The van der Waals surface area contributed by atoms with Crippen molar-refractivity contribution < 1.29 is 9.59 Å². The second-order valence-electron chi connectivity index (χ2n) is 5.25. The van der Waals surface area contributed by atoms with E-state index in [0.717, 1.165) is 10.8 Å². The Morgan fingerprint density at radius 2 is 1.91 bits per heavy atom. The fraction of sp³-hybridized carbons (Fsp3) is 0.235. The number of nitrogens with zero attached hydrogens (tertiary/aromatic N) is 1. The standard InChI is InChI=1S/C17H17N3O2/c1-11(8-9-18)15(16(19)21)20-17(22)14-7-6-12-4-2-3-5-13(12)10-14/h2-7,10-11,15H,8H2,1H3,(H2,19,21)(H,20,22)/t11-,15+/m0/s1. The van der Waals surface area contributed by atoms with Gasteiger partial charge in [0, 0.05) is 12.0 Å². The fourth-order valence-electron chi connectivity index (χ4n) is 2.31. The number of amides is 2. The summed E-state index contributed by atoms with van der Waals surface area (Å²) in [4.78, 5) is 23.8. The minimum Gasteiger partial charge on any atom is -0.368 e. The maximum Gasteiger partial charge on any atom is 0.251 e. The van der Waals surface area contributed by atoms with Crippen molar-refractivity contribution in [2.45, 2.75) is 19.4 Å². The Balaban J connectivity index is 2.21. The largest absolute Gasteiger partial charge is 0.368 e. The lowest BCUT2D eigenvalue weighted by molar-refractivity contribution is -0.120. The van der Waals surface area contributed by atoms with Gasteiger partial charge in [-0.1, -0.05) is 37.3 Å². The maximum absolute atomic E-state index is 12.3. The van der Waals surface area contributed by atoms with Crippen molar-refractivity contribution in [3.8, 4) is 6.07 Å². The van der Waals surface area contributed by atoms with Gasteiger partial charge in [-0.2, -0.15) is 5.26 Å². The summed E-state index contributed by atoms with van der Waals surface area (Å²) in [5, 5.41) is 13.3. The molecular weight excluding hydrogens is 278 g/mol. The fourth-order valence-corrected chi connectivity index (χ4v) is 2.31. The van der Waals surface area contributed by atoms with Crippen LogP contribution in [0.4, 0.5) is 0 Å². The van der Waals surface area contributed by atoms with Crippen LogP contribution in [0.25, 0.3) is 10.8 Å². The zero-order chi connectivity index (χ0) is 16.1. The molecule has 0 radical (unpaired) electrons. The van der Waals surface area contributed by atoms with Crippen molar-refractivity contribution in [2.75, 3.05) is 0 Å². The van der Waals surface area contributed by atoms with Gasteiger partial charge in [-0.15, -0.1) is 0 Å². The molecule has 5 heteroatoms. The van der Waals surface area contributed by atoms with Gasteiger partial charge < -0.3 is 11.1 Å². The summed E-state index contributed by atoms with van der Waals surface area (Å²) in [5.74, 6) is -1.36. The molecule has 0 aliphatic carbocycles. The molecule has 0 spiro atoms. The normalized spacial score (nSPS) is 13.1. The van der Waals surface area contributed by atoms with Gasteiger partial charge in [-0.25, -0.2) is 0 Å². The quantitative estimate of drug-likeness (QED) is 0.882. The minimum atomic E-state index is -0.862. The summed E-state index contributed by atoms with van der Waals surface area (Å²) in [7, 11) is 0. The van der Waals surface area contributed by atoms with Crippen LogP contribution >= 0.6 is 0 Å². The van der Waals surface area contributed by atoms with E-state index >= 15 is 0 Å². The monoisotopic (exact) mass is 295 g/mol. The Hall–Kier alpha value is -2.87. The smallest absolute Gasteiger partial charge is 0.251 e. The number of nitrogens with two attached hydrogens (primary N) is 1. The molecule has 0 fully saturated rings. The molecule has 0 aliphatic rings. The van der Waals surface area contributed by atoms with Crippen LogP contribution in [0.1, 0.15) is 23.7 Å². The molecule has 112 valence electrons. The van der Waals surface area contributed by atoms with Crippen LogP contribution < -0.4 is 11.1 Å². The summed E-state index contributed by atoms with van der Waals surface area (Å²) in [6, 6.07) is 14.1. The van der Waals surface area contributed by atoms with Gasteiger partial charge in [0.1, 0.15) is 6.04 Å². The van der Waals surface area contributed by atoms with Gasteiger partial charge in [0.05, 0.1) is 6.07 Å². The lowest BCUT2D eigenvalue weighted by Gasteiger charge is -2.20. The van der Waals surface area contributed by atoms with Gasteiger partial charge in [0.2, 0.25) is 5.91 Å². The molecule has 0 bridgehead atoms. The number of fused-ring (bicyclic) bond motifs is 1. The molecule has 22 heavy (non-hydrogen) atoms. The average Bonchev–Trinajstić information content (AvgIpc) is 2.51. The van der Waals surface area contributed by atoms with Crippen LogP contribution in [0.15, 0.2) is 42.5 Å². The predicted octanol–water partition coefficient (Wildman–Crippen LogP) is 1.97. The Kier molecular flexibility index (Phi) is 4.74. The van der Waals surface area contributed by atoms with Crippen molar-refractivity contribution in [1.82, 2.24) is 5.32 Å². The van der Waals surface area contributed by atoms with Crippen molar-refractivity contribution in [3.63, 3.8) is 0 Å². The number of nitriles is 1. The van der Waals surface area contributed by atoms with Gasteiger partial charge in [-0.05, 0) is 28.8 Å². The minimum absolute atomic E-state index is 0.144. The van der Waals surface area contributed by atoms with E-state index in [2.05, 4.69) is 5.32 Å². The topological polar surface area (TPSA) is 96.0 Å². The van der Waals surface area contributed by atoms with Crippen LogP contribution in [0, 0.1) is 17.2 Å². The number of nitrogens with one attached hydrogen (secondary N) is 1. The van der Waals surface area contributed by atoms with Gasteiger partial charge >= 0.3 is 0 Å². The van der Waals surface area contributed by atoms with E-state index in [1.807, 2.05) is 36.4 Å². The molecule has 0 saturated heterocycles. The van der Waals surface area contributed by atoms with Gasteiger partial charge in [0.25, 0.3) is 5.91 Å². The highest BCUT2D eigenvalue weighted by Crippen LogP contribution is 2.16. The van der Waals surface area contributed by atoms with Gasteiger partial charge in [0.15, 0.2) is 0 Å². The molecule has 2 amide bonds. The van der Waals surface area contributed by atoms with Gasteiger partial charge in [-0.3, -0.25) is 9.59 Å². The summed E-state index contributed by atoms with van der Waals surface area (Å²) >= 11 is 0. The van der Waals surface area contributed by atoms with E-state index < -0.39 is 11.9 Å². The first-order valence-electron chi connectivity index (χ1n) is 6.99. The Bertz CT molecular complexity index is 749. The molecule has 0 aliphatic heterocycles. The number of hydrogen-bond acceptors (Lipinski definition) is 3. The predicted molar refractivity (Wildman–Crippen MR) is 83.8 cm³/mol. The lowest BCUT2D eigenvalue weighted by Crippen LogP contribution is -2.48. The molecule has 0 saturated carbocycles. The third kappa shape index (κ3) is 3.41. The molecule has 0 heterocycles. The lowest BCUT2D eigenvalue weighted by atomic mass is 9.97. The third-order valence-electron chi connectivity index (χ3n) is 3.59. The molecule has 5 nitrogen and oxygen atoms in total. The summed E-state index contributed by atoms with van der Waals surface area (Å²) in [6.07, 6.45) is 0.144. The number of hydrogen-bond donors (Lipinski definition) is 2. The first-order valence-corrected chi connectivity index (χ1v) is 6.99. The second-order valence-corrected chi connectivity index (χ2v) is 5.25. The number of rotatable bonds is 5. The highest BCUT2D eigenvalue weighted by Gasteiger charge is 2.25. The molecule has 2 rings (SSSR count). The third-order valence-corrected chi connectivity index (χ3v) is 3.59. The molecule has 2 aromatic rings. The molecule has 2 atom stereocenters. The molecular formula is C17H17N3O2. The summed E-state index contributed by atoms with van der Waals surface area (Å²) < 4.78 is 0. The van der Waals surface area contributed by atoms with Crippen LogP contribution in [-0.2, 0) is 4.79 Å². The summed E-state index contributed by atoms with van der Waals surface area (Å²) in [6.45, 7) is 1.71. The van der Waals surface area contributed by atoms with Crippen molar-refractivity contribution in [3.05, 3.63) is 48.0 Å².